The number of rotatable bonds is 3. The lowest BCUT2D eigenvalue weighted by molar-refractivity contribution is -0.133. The van der Waals surface area contributed by atoms with Crippen molar-refractivity contribution in [2.75, 3.05) is 19.7 Å². The standard InChI is InChI=1S/C13H17NO4/c1-9-7-11(10(2)18-9)13(16)17-8-12(15)14-5-3-4-6-14/h7H,3-6,8H2,1-2H3. The van der Waals surface area contributed by atoms with Crippen molar-refractivity contribution >= 4 is 11.9 Å². The van der Waals surface area contributed by atoms with E-state index < -0.39 is 5.97 Å². The Kier molecular flexibility index (Phi) is 3.69. The van der Waals surface area contributed by atoms with Crippen LogP contribution in [0.4, 0.5) is 0 Å². The van der Waals surface area contributed by atoms with E-state index in [0.717, 1.165) is 25.9 Å². The Morgan fingerprint density at radius 1 is 1.33 bits per heavy atom. The van der Waals surface area contributed by atoms with Crippen molar-refractivity contribution in [2.45, 2.75) is 26.7 Å². The molecular weight excluding hydrogens is 234 g/mol. The van der Waals surface area contributed by atoms with Crippen LogP contribution in [-0.2, 0) is 9.53 Å². The summed E-state index contributed by atoms with van der Waals surface area (Å²) in [4.78, 5) is 25.2. The number of aryl methyl sites for hydroxylation is 2. The van der Waals surface area contributed by atoms with Crippen LogP contribution in [0.1, 0.15) is 34.7 Å². The molecule has 5 nitrogen and oxygen atoms in total. The first-order chi connectivity index (χ1) is 8.58. The summed E-state index contributed by atoms with van der Waals surface area (Å²) in [6.07, 6.45) is 2.05. The molecule has 1 aromatic rings. The van der Waals surface area contributed by atoms with Gasteiger partial charge in [-0.3, -0.25) is 4.79 Å². The second-order valence-corrected chi connectivity index (χ2v) is 4.49. The maximum Gasteiger partial charge on any atom is 0.342 e. The molecule has 5 heteroatoms. The molecule has 1 aliphatic rings. The summed E-state index contributed by atoms with van der Waals surface area (Å²) in [5.41, 5.74) is 0.390. The second kappa shape index (κ2) is 5.25. The quantitative estimate of drug-likeness (QED) is 0.767. The highest BCUT2D eigenvalue weighted by Gasteiger charge is 2.21. The number of ether oxygens (including phenoxy) is 1. The molecule has 0 N–H and O–H groups in total. The summed E-state index contributed by atoms with van der Waals surface area (Å²) in [6, 6.07) is 1.62. The van der Waals surface area contributed by atoms with Crippen LogP contribution >= 0.6 is 0 Å². The molecule has 2 heterocycles. The molecule has 0 radical (unpaired) electrons. The molecule has 1 fully saturated rings. The second-order valence-electron chi connectivity index (χ2n) is 4.49. The van der Waals surface area contributed by atoms with Gasteiger partial charge in [0, 0.05) is 13.1 Å². The molecule has 1 amide bonds. The fourth-order valence-corrected chi connectivity index (χ4v) is 2.10. The zero-order valence-electron chi connectivity index (χ0n) is 10.7. The van der Waals surface area contributed by atoms with Gasteiger partial charge in [-0.05, 0) is 32.8 Å². The first-order valence-corrected chi connectivity index (χ1v) is 6.10. The fourth-order valence-electron chi connectivity index (χ4n) is 2.10. The molecule has 0 aromatic carbocycles. The van der Waals surface area contributed by atoms with Gasteiger partial charge >= 0.3 is 5.97 Å². The highest BCUT2D eigenvalue weighted by molar-refractivity contribution is 5.92. The molecule has 18 heavy (non-hydrogen) atoms. The first kappa shape index (κ1) is 12.7. The molecule has 1 aliphatic heterocycles. The monoisotopic (exact) mass is 251 g/mol. The number of carbonyl (C=O) groups excluding carboxylic acids is 2. The smallest absolute Gasteiger partial charge is 0.342 e. The number of carbonyl (C=O) groups is 2. The minimum absolute atomic E-state index is 0.126. The van der Waals surface area contributed by atoms with Gasteiger partial charge in [-0.2, -0.15) is 0 Å². The number of hydrogen-bond acceptors (Lipinski definition) is 4. The normalized spacial score (nSPS) is 14.9. The van der Waals surface area contributed by atoms with Crippen LogP contribution < -0.4 is 0 Å². The maximum absolute atomic E-state index is 11.7. The minimum atomic E-state index is -0.503. The zero-order chi connectivity index (χ0) is 13.1. The van der Waals surface area contributed by atoms with Crippen LogP contribution in [0, 0.1) is 13.8 Å². The van der Waals surface area contributed by atoms with E-state index in [1.165, 1.54) is 0 Å². The van der Waals surface area contributed by atoms with E-state index in [0.29, 0.717) is 17.1 Å². The molecule has 0 unspecified atom stereocenters. The third kappa shape index (κ3) is 2.72. The molecule has 0 bridgehead atoms. The molecule has 0 atom stereocenters. The Morgan fingerprint density at radius 2 is 2.00 bits per heavy atom. The summed E-state index contributed by atoms with van der Waals surface area (Å²) < 4.78 is 10.3. The zero-order valence-corrected chi connectivity index (χ0v) is 10.7. The summed E-state index contributed by atoms with van der Waals surface area (Å²) in [7, 11) is 0. The average molecular weight is 251 g/mol. The highest BCUT2D eigenvalue weighted by Crippen LogP contribution is 2.15. The molecule has 0 spiro atoms. The molecule has 0 saturated carbocycles. The van der Waals surface area contributed by atoms with Gasteiger partial charge in [0.15, 0.2) is 6.61 Å². The van der Waals surface area contributed by atoms with Gasteiger partial charge in [-0.1, -0.05) is 0 Å². The van der Waals surface area contributed by atoms with Gasteiger partial charge in [0.25, 0.3) is 5.91 Å². The average Bonchev–Trinajstić information content (AvgIpc) is 2.95. The van der Waals surface area contributed by atoms with E-state index in [2.05, 4.69) is 0 Å². The number of esters is 1. The Hall–Kier alpha value is -1.78. The third-order valence-electron chi connectivity index (χ3n) is 3.05. The summed E-state index contributed by atoms with van der Waals surface area (Å²) >= 11 is 0. The Bertz CT molecular complexity index is 458. The molecule has 1 saturated heterocycles. The van der Waals surface area contributed by atoms with Gasteiger partial charge in [-0.15, -0.1) is 0 Å². The highest BCUT2D eigenvalue weighted by atomic mass is 16.5. The van der Waals surface area contributed by atoms with Crippen molar-refractivity contribution < 1.29 is 18.7 Å². The molecule has 2 rings (SSSR count). The summed E-state index contributed by atoms with van der Waals surface area (Å²) in [5.74, 6) is 0.548. The van der Waals surface area contributed by atoms with Crippen molar-refractivity contribution in [3.8, 4) is 0 Å². The van der Waals surface area contributed by atoms with Gasteiger partial charge in [0.2, 0.25) is 0 Å². The number of amides is 1. The first-order valence-electron chi connectivity index (χ1n) is 6.10. The number of hydrogen-bond donors (Lipinski definition) is 0. The van der Waals surface area contributed by atoms with Crippen LogP contribution in [-0.4, -0.2) is 36.5 Å². The number of nitrogens with zero attached hydrogens (tertiary/aromatic N) is 1. The Balaban J connectivity index is 1.88. The van der Waals surface area contributed by atoms with Gasteiger partial charge in [0.1, 0.15) is 17.1 Å². The van der Waals surface area contributed by atoms with E-state index in [-0.39, 0.29) is 12.5 Å². The SMILES string of the molecule is Cc1cc(C(=O)OCC(=O)N2CCCC2)c(C)o1. The Morgan fingerprint density at radius 3 is 2.56 bits per heavy atom. The lowest BCUT2D eigenvalue weighted by Gasteiger charge is -2.14. The van der Waals surface area contributed by atoms with Crippen molar-refractivity contribution in [1.82, 2.24) is 4.90 Å². The molecule has 0 aliphatic carbocycles. The van der Waals surface area contributed by atoms with E-state index in [4.69, 9.17) is 9.15 Å². The number of furan rings is 1. The van der Waals surface area contributed by atoms with E-state index in [1.54, 1.807) is 24.8 Å². The van der Waals surface area contributed by atoms with E-state index in [9.17, 15) is 9.59 Å². The lowest BCUT2D eigenvalue weighted by Crippen LogP contribution is -2.32. The van der Waals surface area contributed by atoms with E-state index >= 15 is 0 Å². The molecular formula is C13H17NO4. The molecule has 1 aromatic heterocycles. The minimum Gasteiger partial charge on any atom is -0.466 e. The van der Waals surface area contributed by atoms with Crippen molar-refractivity contribution in [3.63, 3.8) is 0 Å². The Labute approximate surface area is 106 Å². The van der Waals surface area contributed by atoms with E-state index in [1.807, 2.05) is 0 Å². The van der Waals surface area contributed by atoms with Crippen LogP contribution in [0.15, 0.2) is 10.5 Å². The predicted octanol–water partition coefficient (Wildman–Crippen LogP) is 1.68. The van der Waals surface area contributed by atoms with Crippen LogP contribution in [0.25, 0.3) is 0 Å². The lowest BCUT2D eigenvalue weighted by atomic mass is 10.2. The fraction of sp³-hybridized carbons (Fsp3) is 0.538. The summed E-state index contributed by atoms with van der Waals surface area (Å²) in [5, 5.41) is 0. The number of likely N-dealkylation sites (tertiary alicyclic amines) is 1. The topological polar surface area (TPSA) is 59.8 Å². The van der Waals surface area contributed by atoms with Crippen LogP contribution in [0.3, 0.4) is 0 Å². The van der Waals surface area contributed by atoms with Crippen molar-refractivity contribution in [2.24, 2.45) is 0 Å². The predicted molar refractivity (Wildman–Crippen MR) is 64.3 cm³/mol. The van der Waals surface area contributed by atoms with Crippen LogP contribution in [0.2, 0.25) is 0 Å². The van der Waals surface area contributed by atoms with Crippen LogP contribution in [0.5, 0.6) is 0 Å². The molecule has 98 valence electrons. The van der Waals surface area contributed by atoms with Crippen molar-refractivity contribution in [1.29, 1.82) is 0 Å². The van der Waals surface area contributed by atoms with Gasteiger partial charge < -0.3 is 14.1 Å². The summed E-state index contributed by atoms with van der Waals surface area (Å²) in [6.45, 7) is 4.80. The van der Waals surface area contributed by atoms with Gasteiger partial charge in [0.05, 0.1) is 0 Å². The van der Waals surface area contributed by atoms with Crippen molar-refractivity contribution in [3.05, 3.63) is 23.2 Å². The van der Waals surface area contributed by atoms with Gasteiger partial charge in [-0.25, -0.2) is 4.79 Å². The third-order valence-corrected chi connectivity index (χ3v) is 3.05. The maximum atomic E-state index is 11.7. The largest absolute Gasteiger partial charge is 0.466 e.